The molecule has 0 spiro atoms. The molecule has 0 bridgehead atoms. The fraction of sp³-hybridized carbons (Fsp3) is 0.500. The van der Waals surface area contributed by atoms with E-state index in [4.69, 9.17) is 9.88 Å². The average Bonchev–Trinajstić information content (AvgIpc) is 2.43. The zero-order valence-corrected chi connectivity index (χ0v) is 13.6. The number of nitrogens with one attached hydrogen (secondary N) is 1. The van der Waals surface area contributed by atoms with Crippen LogP contribution in [0.5, 0.6) is 5.75 Å². The Morgan fingerprint density at radius 2 is 2.00 bits per heavy atom. The van der Waals surface area contributed by atoms with Gasteiger partial charge in [0.2, 0.25) is 15.9 Å². The fourth-order valence-corrected chi connectivity index (χ4v) is 2.38. The lowest BCUT2D eigenvalue weighted by Crippen LogP contribution is -2.36. The number of carbonyl (C=O) groups excluding carboxylic acids is 1. The molecule has 3 N–H and O–H groups in total. The molecule has 118 valence electrons. The Kier molecular flexibility index (Phi) is 5.36. The summed E-state index contributed by atoms with van der Waals surface area (Å²) in [6.45, 7) is 5.87. The zero-order valence-electron chi connectivity index (χ0n) is 12.8. The number of ether oxygens (including phenoxy) is 1. The van der Waals surface area contributed by atoms with Crippen LogP contribution in [0.3, 0.4) is 0 Å². The number of methoxy groups -OCH3 is 1. The SMILES string of the molecule is CCC(C)(C)C(=O)NCc1ccc(OC)c(S(N)(=O)=O)c1. The first-order valence-corrected chi connectivity index (χ1v) is 8.14. The van der Waals surface area contributed by atoms with Crippen molar-refractivity contribution >= 4 is 15.9 Å². The van der Waals surface area contributed by atoms with Gasteiger partial charge in [0.15, 0.2) is 0 Å². The van der Waals surface area contributed by atoms with Gasteiger partial charge in [0.25, 0.3) is 0 Å². The molecule has 0 heterocycles. The van der Waals surface area contributed by atoms with Gasteiger partial charge >= 0.3 is 0 Å². The number of nitrogens with two attached hydrogens (primary N) is 1. The standard InChI is InChI=1S/C14H22N2O4S/c1-5-14(2,3)13(17)16-9-10-6-7-11(20-4)12(8-10)21(15,18)19/h6-8H,5,9H2,1-4H3,(H,16,17)(H2,15,18,19). The predicted octanol–water partition coefficient (Wildman–Crippen LogP) is 1.40. The minimum atomic E-state index is -3.88. The third-order valence-electron chi connectivity index (χ3n) is 3.49. The van der Waals surface area contributed by atoms with Crippen molar-refractivity contribution in [3.8, 4) is 5.75 Å². The molecular weight excluding hydrogens is 292 g/mol. The summed E-state index contributed by atoms with van der Waals surface area (Å²) in [5, 5.41) is 7.94. The van der Waals surface area contributed by atoms with E-state index in [1.807, 2.05) is 20.8 Å². The topological polar surface area (TPSA) is 98.5 Å². The zero-order chi connectivity index (χ0) is 16.3. The van der Waals surface area contributed by atoms with Gasteiger partial charge in [-0.25, -0.2) is 13.6 Å². The summed E-state index contributed by atoms with van der Waals surface area (Å²) in [4.78, 5) is 11.9. The molecule has 0 aromatic heterocycles. The molecule has 1 amide bonds. The van der Waals surface area contributed by atoms with Gasteiger partial charge in [-0.15, -0.1) is 0 Å². The molecule has 0 atom stereocenters. The van der Waals surface area contributed by atoms with Gasteiger partial charge in [-0.3, -0.25) is 4.79 Å². The summed E-state index contributed by atoms with van der Waals surface area (Å²) in [5.41, 5.74) is 0.176. The number of hydrogen-bond donors (Lipinski definition) is 2. The molecule has 0 aliphatic carbocycles. The number of amides is 1. The van der Waals surface area contributed by atoms with Crippen molar-refractivity contribution in [2.75, 3.05) is 7.11 Å². The number of primary sulfonamides is 1. The minimum absolute atomic E-state index is 0.0852. The van der Waals surface area contributed by atoms with Gasteiger partial charge in [0, 0.05) is 12.0 Å². The third kappa shape index (κ3) is 4.44. The van der Waals surface area contributed by atoms with Crippen LogP contribution < -0.4 is 15.2 Å². The van der Waals surface area contributed by atoms with Crippen LogP contribution in [0.2, 0.25) is 0 Å². The monoisotopic (exact) mass is 314 g/mol. The van der Waals surface area contributed by atoms with Gasteiger partial charge < -0.3 is 10.1 Å². The highest BCUT2D eigenvalue weighted by Gasteiger charge is 2.25. The van der Waals surface area contributed by atoms with E-state index in [0.717, 1.165) is 0 Å². The van der Waals surface area contributed by atoms with E-state index in [0.29, 0.717) is 12.0 Å². The van der Waals surface area contributed by atoms with Crippen molar-refractivity contribution in [1.29, 1.82) is 0 Å². The normalized spacial score (nSPS) is 12.0. The highest BCUT2D eigenvalue weighted by atomic mass is 32.2. The molecule has 0 unspecified atom stereocenters. The average molecular weight is 314 g/mol. The van der Waals surface area contributed by atoms with E-state index in [2.05, 4.69) is 5.32 Å². The van der Waals surface area contributed by atoms with Crippen LogP contribution in [0.4, 0.5) is 0 Å². The number of sulfonamides is 1. The summed E-state index contributed by atoms with van der Waals surface area (Å²) in [7, 11) is -2.51. The summed E-state index contributed by atoms with van der Waals surface area (Å²) >= 11 is 0. The fourth-order valence-electron chi connectivity index (χ4n) is 1.64. The van der Waals surface area contributed by atoms with Crippen LogP contribution in [-0.4, -0.2) is 21.4 Å². The van der Waals surface area contributed by atoms with Gasteiger partial charge in [-0.05, 0) is 24.1 Å². The minimum Gasteiger partial charge on any atom is -0.495 e. The lowest BCUT2D eigenvalue weighted by atomic mass is 9.89. The Morgan fingerprint density at radius 3 is 2.48 bits per heavy atom. The van der Waals surface area contributed by atoms with Gasteiger partial charge in [0.1, 0.15) is 10.6 Å². The van der Waals surface area contributed by atoms with Crippen molar-refractivity contribution in [1.82, 2.24) is 5.32 Å². The molecule has 7 heteroatoms. The Morgan fingerprint density at radius 1 is 1.38 bits per heavy atom. The van der Waals surface area contributed by atoms with E-state index < -0.39 is 15.4 Å². The second-order valence-electron chi connectivity index (χ2n) is 5.45. The van der Waals surface area contributed by atoms with Crippen molar-refractivity contribution < 1.29 is 17.9 Å². The molecule has 1 aromatic rings. The van der Waals surface area contributed by atoms with Crippen LogP contribution in [0, 0.1) is 5.41 Å². The van der Waals surface area contributed by atoms with E-state index in [-0.39, 0.29) is 23.1 Å². The van der Waals surface area contributed by atoms with Crippen LogP contribution >= 0.6 is 0 Å². The highest BCUT2D eigenvalue weighted by Crippen LogP contribution is 2.24. The molecule has 1 aromatic carbocycles. The van der Waals surface area contributed by atoms with Gasteiger partial charge in [0.05, 0.1) is 7.11 Å². The molecule has 0 radical (unpaired) electrons. The van der Waals surface area contributed by atoms with Crippen LogP contribution in [0.15, 0.2) is 23.1 Å². The first kappa shape index (κ1) is 17.5. The highest BCUT2D eigenvalue weighted by molar-refractivity contribution is 7.89. The summed E-state index contributed by atoms with van der Waals surface area (Å²) in [5.74, 6) is 0.0967. The molecule has 21 heavy (non-hydrogen) atoms. The molecule has 0 aliphatic heterocycles. The van der Waals surface area contributed by atoms with Gasteiger partial charge in [-0.2, -0.15) is 0 Å². The van der Waals surface area contributed by atoms with Crippen molar-refractivity contribution in [2.24, 2.45) is 10.6 Å². The first-order chi connectivity index (χ1) is 9.61. The third-order valence-corrected chi connectivity index (χ3v) is 4.42. The number of carbonyl (C=O) groups is 1. The van der Waals surface area contributed by atoms with Crippen LogP contribution in [-0.2, 0) is 21.4 Å². The Balaban J connectivity index is 2.95. The molecule has 0 aliphatic rings. The summed E-state index contributed by atoms with van der Waals surface area (Å²) in [6.07, 6.45) is 0.712. The van der Waals surface area contributed by atoms with Crippen molar-refractivity contribution in [3.05, 3.63) is 23.8 Å². The number of benzene rings is 1. The largest absolute Gasteiger partial charge is 0.495 e. The van der Waals surface area contributed by atoms with E-state index in [1.165, 1.54) is 19.2 Å². The second kappa shape index (κ2) is 6.44. The Labute approximate surface area is 125 Å². The maximum absolute atomic E-state index is 12.0. The molecule has 6 nitrogen and oxygen atoms in total. The van der Waals surface area contributed by atoms with E-state index in [1.54, 1.807) is 6.07 Å². The van der Waals surface area contributed by atoms with Gasteiger partial charge in [-0.1, -0.05) is 26.8 Å². The molecular formula is C14H22N2O4S. The van der Waals surface area contributed by atoms with Crippen LogP contribution in [0.25, 0.3) is 0 Å². The maximum atomic E-state index is 12.0. The first-order valence-electron chi connectivity index (χ1n) is 6.60. The lowest BCUT2D eigenvalue weighted by molar-refractivity contribution is -0.129. The summed E-state index contributed by atoms with van der Waals surface area (Å²) < 4.78 is 28.0. The van der Waals surface area contributed by atoms with Crippen LogP contribution in [0.1, 0.15) is 32.8 Å². The van der Waals surface area contributed by atoms with Crippen molar-refractivity contribution in [3.63, 3.8) is 0 Å². The molecule has 1 rings (SSSR count). The Bertz CT molecular complexity index is 624. The predicted molar refractivity (Wildman–Crippen MR) is 80.3 cm³/mol. The molecule has 0 saturated heterocycles. The number of rotatable bonds is 6. The quantitative estimate of drug-likeness (QED) is 0.829. The molecule has 0 saturated carbocycles. The maximum Gasteiger partial charge on any atom is 0.241 e. The van der Waals surface area contributed by atoms with E-state index in [9.17, 15) is 13.2 Å². The smallest absolute Gasteiger partial charge is 0.241 e. The molecule has 0 fully saturated rings. The second-order valence-corrected chi connectivity index (χ2v) is 6.98. The van der Waals surface area contributed by atoms with Crippen molar-refractivity contribution in [2.45, 2.75) is 38.6 Å². The lowest BCUT2D eigenvalue weighted by Gasteiger charge is -2.21. The number of hydrogen-bond acceptors (Lipinski definition) is 4. The Hall–Kier alpha value is -1.60. The van der Waals surface area contributed by atoms with E-state index >= 15 is 0 Å². The summed E-state index contributed by atoms with van der Waals surface area (Å²) in [6, 6.07) is 4.62.